The van der Waals surface area contributed by atoms with Crippen LogP contribution in [-0.2, 0) is 0 Å². The summed E-state index contributed by atoms with van der Waals surface area (Å²) in [6.07, 6.45) is 3.99. The van der Waals surface area contributed by atoms with E-state index in [0.29, 0.717) is 12.0 Å². The van der Waals surface area contributed by atoms with Crippen LogP contribution in [0.1, 0.15) is 69.6 Å². The fraction of sp³-hybridized carbons (Fsp3) is 0.765. The van der Waals surface area contributed by atoms with E-state index >= 15 is 0 Å². The highest BCUT2D eigenvalue weighted by Crippen LogP contribution is 2.40. The van der Waals surface area contributed by atoms with Crippen LogP contribution in [0.2, 0.25) is 0 Å². The molecule has 1 fully saturated rings. The molecule has 1 atom stereocenters. The van der Waals surface area contributed by atoms with E-state index in [-0.39, 0.29) is 6.04 Å². The van der Waals surface area contributed by atoms with E-state index in [1.165, 1.54) is 5.56 Å². The summed E-state index contributed by atoms with van der Waals surface area (Å²) < 4.78 is 5.58. The molecule has 1 aliphatic rings. The Balaban J connectivity index is 1.90. The Labute approximate surface area is 122 Å². The number of nitrogens with one attached hydrogen (secondary N) is 1. The highest BCUT2D eigenvalue weighted by atomic mass is 16.3. The molecule has 0 spiro atoms. The molecule has 0 amide bonds. The van der Waals surface area contributed by atoms with Crippen LogP contribution >= 0.6 is 0 Å². The second kappa shape index (κ2) is 5.53. The fourth-order valence-corrected chi connectivity index (χ4v) is 3.10. The van der Waals surface area contributed by atoms with Crippen LogP contribution in [0.15, 0.2) is 10.5 Å². The van der Waals surface area contributed by atoms with Gasteiger partial charge in [0.15, 0.2) is 0 Å². The van der Waals surface area contributed by atoms with Crippen molar-refractivity contribution in [2.24, 2.45) is 5.41 Å². The normalized spacial score (nSPS) is 22.7. The molecular weight excluding hydrogens is 250 g/mol. The molecule has 1 aliphatic carbocycles. The third-order valence-corrected chi connectivity index (χ3v) is 4.82. The van der Waals surface area contributed by atoms with Gasteiger partial charge in [-0.3, -0.25) is 0 Å². The van der Waals surface area contributed by atoms with E-state index in [4.69, 9.17) is 4.42 Å². The summed E-state index contributed by atoms with van der Waals surface area (Å²) in [6, 6.07) is 2.30. The van der Waals surface area contributed by atoms with Crippen molar-refractivity contribution in [3.8, 4) is 0 Å². The Morgan fingerprint density at radius 1 is 1.25 bits per heavy atom. The average Bonchev–Trinajstić information content (AvgIpc) is 2.70. The molecule has 3 heteroatoms. The summed E-state index contributed by atoms with van der Waals surface area (Å²) in [5.74, 6) is 1.92. The van der Waals surface area contributed by atoms with E-state index in [2.05, 4.69) is 32.2 Å². The van der Waals surface area contributed by atoms with Crippen molar-refractivity contribution in [1.82, 2.24) is 5.32 Å². The van der Waals surface area contributed by atoms with Crippen LogP contribution in [0.25, 0.3) is 0 Å². The third-order valence-electron chi connectivity index (χ3n) is 4.82. The number of rotatable bonds is 4. The zero-order chi connectivity index (χ0) is 15.0. The number of hydrogen-bond acceptors (Lipinski definition) is 3. The Kier molecular flexibility index (Phi) is 4.31. The molecule has 1 aromatic heterocycles. The Morgan fingerprint density at radius 2 is 1.85 bits per heavy atom. The van der Waals surface area contributed by atoms with Gasteiger partial charge in [-0.15, -0.1) is 0 Å². The van der Waals surface area contributed by atoms with Gasteiger partial charge in [0, 0.05) is 18.2 Å². The second-order valence-corrected chi connectivity index (χ2v) is 7.36. The number of hydrogen-bond donors (Lipinski definition) is 2. The molecule has 1 saturated carbocycles. The van der Waals surface area contributed by atoms with Crippen LogP contribution in [0, 0.1) is 19.3 Å². The standard InChI is InChI=1S/C17H29NO2/c1-12-10-15(14(3)20-12)13(2)18-11-17(19)8-6-16(4,5)7-9-17/h10,13,18-19H,6-9,11H2,1-5H3. The lowest BCUT2D eigenvalue weighted by molar-refractivity contribution is -0.0258. The smallest absolute Gasteiger partial charge is 0.105 e. The van der Waals surface area contributed by atoms with Crippen LogP contribution in [-0.4, -0.2) is 17.3 Å². The molecule has 2 rings (SSSR count). The molecule has 0 saturated heterocycles. The molecule has 20 heavy (non-hydrogen) atoms. The molecule has 0 aromatic carbocycles. The molecule has 1 unspecified atom stereocenters. The molecule has 1 heterocycles. The first-order chi connectivity index (χ1) is 9.21. The highest BCUT2D eigenvalue weighted by Gasteiger charge is 2.36. The topological polar surface area (TPSA) is 45.4 Å². The lowest BCUT2D eigenvalue weighted by Gasteiger charge is -2.40. The van der Waals surface area contributed by atoms with E-state index < -0.39 is 5.60 Å². The van der Waals surface area contributed by atoms with Crippen molar-refractivity contribution in [2.45, 2.75) is 71.9 Å². The molecule has 3 nitrogen and oxygen atoms in total. The first-order valence-electron chi connectivity index (χ1n) is 7.74. The van der Waals surface area contributed by atoms with Gasteiger partial charge in [0.05, 0.1) is 5.60 Å². The van der Waals surface area contributed by atoms with Crippen LogP contribution in [0.3, 0.4) is 0 Å². The molecular formula is C17H29NO2. The van der Waals surface area contributed by atoms with Gasteiger partial charge in [-0.05, 0) is 57.9 Å². The van der Waals surface area contributed by atoms with Gasteiger partial charge < -0.3 is 14.8 Å². The van der Waals surface area contributed by atoms with Crippen molar-refractivity contribution in [1.29, 1.82) is 0 Å². The van der Waals surface area contributed by atoms with Crippen molar-refractivity contribution in [3.63, 3.8) is 0 Å². The summed E-state index contributed by atoms with van der Waals surface area (Å²) in [5, 5.41) is 14.2. The van der Waals surface area contributed by atoms with Crippen molar-refractivity contribution in [2.75, 3.05) is 6.54 Å². The minimum atomic E-state index is -0.545. The zero-order valence-corrected chi connectivity index (χ0v) is 13.5. The summed E-state index contributed by atoms with van der Waals surface area (Å²) in [4.78, 5) is 0. The first kappa shape index (κ1) is 15.6. The Morgan fingerprint density at radius 3 is 2.35 bits per heavy atom. The maximum Gasteiger partial charge on any atom is 0.105 e. The zero-order valence-electron chi connectivity index (χ0n) is 13.5. The van der Waals surface area contributed by atoms with Crippen molar-refractivity contribution >= 4 is 0 Å². The van der Waals surface area contributed by atoms with E-state index in [9.17, 15) is 5.11 Å². The molecule has 0 aliphatic heterocycles. The minimum Gasteiger partial charge on any atom is -0.466 e. The predicted octanol–water partition coefficient (Wildman–Crippen LogP) is 3.88. The van der Waals surface area contributed by atoms with E-state index in [1.807, 2.05) is 13.8 Å². The van der Waals surface area contributed by atoms with Crippen molar-refractivity contribution in [3.05, 3.63) is 23.2 Å². The number of aryl methyl sites for hydroxylation is 2. The SMILES string of the molecule is Cc1cc(C(C)NCC2(O)CCC(C)(C)CC2)c(C)o1. The van der Waals surface area contributed by atoms with Crippen molar-refractivity contribution < 1.29 is 9.52 Å². The van der Waals surface area contributed by atoms with Gasteiger partial charge in [-0.2, -0.15) is 0 Å². The van der Waals surface area contributed by atoms with E-state index in [0.717, 1.165) is 37.2 Å². The number of furan rings is 1. The molecule has 0 bridgehead atoms. The summed E-state index contributed by atoms with van der Waals surface area (Å²) in [7, 11) is 0. The fourth-order valence-electron chi connectivity index (χ4n) is 3.10. The summed E-state index contributed by atoms with van der Waals surface area (Å²) >= 11 is 0. The van der Waals surface area contributed by atoms with E-state index in [1.54, 1.807) is 0 Å². The Hall–Kier alpha value is -0.800. The van der Waals surface area contributed by atoms with Crippen LogP contribution in [0.5, 0.6) is 0 Å². The van der Waals surface area contributed by atoms with Gasteiger partial charge in [-0.1, -0.05) is 13.8 Å². The van der Waals surface area contributed by atoms with Gasteiger partial charge in [0.1, 0.15) is 11.5 Å². The molecule has 114 valence electrons. The summed E-state index contributed by atoms with van der Waals surface area (Å²) in [6.45, 7) is 11.3. The number of aliphatic hydroxyl groups is 1. The van der Waals surface area contributed by atoms with Gasteiger partial charge in [0.2, 0.25) is 0 Å². The maximum absolute atomic E-state index is 10.7. The summed E-state index contributed by atoms with van der Waals surface area (Å²) in [5.41, 5.74) is 1.04. The minimum absolute atomic E-state index is 0.214. The lowest BCUT2D eigenvalue weighted by Crippen LogP contribution is -2.45. The van der Waals surface area contributed by atoms with Gasteiger partial charge in [-0.25, -0.2) is 0 Å². The Bertz CT molecular complexity index is 452. The maximum atomic E-state index is 10.7. The first-order valence-corrected chi connectivity index (χ1v) is 7.74. The predicted molar refractivity (Wildman–Crippen MR) is 81.8 cm³/mol. The van der Waals surface area contributed by atoms with Crippen LogP contribution < -0.4 is 5.32 Å². The average molecular weight is 279 g/mol. The monoisotopic (exact) mass is 279 g/mol. The highest BCUT2D eigenvalue weighted by molar-refractivity contribution is 5.23. The second-order valence-electron chi connectivity index (χ2n) is 7.36. The largest absolute Gasteiger partial charge is 0.466 e. The van der Waals surface area contributed by atoms with Gasteiger partial charge >= 0.3 is 0 Å². The molecule has 2 N–H and O–H groups in total. The molecule has 1 aromatic rings. The molecule has 0 radical (unpaired) electrons. The van der Waals surface area contributed by atoms with Crippen LogP contribution in [0.4, 0.5) is 0 Å². The lowest BCUT2D eigenvalue weighted by atomic mass is 9.71. The quantitative estimate of drug-likeness (QED) is 0.879. The third kappa shape index (κ3) is 3.64. The van der Waals surface area contributed by atoms with Gasteiger partial charge in [0.25, 0.3) is 0 Å².